The van der Waals surface area contributed by atoms with E-state index in [-0.39, 0.29) is 11.9 Å². The number of rotatable bonds is 6. The van der Waals surface area contributed by atoms with Crippen molar-refractivity contribution in [3.05, 3.63) is 65.7 Å². The number of hydrogen-bond donors (Lipinski definition) is 2. The molecule has 3 rings (SSSR count). The van der Waals surface area contributed by atoms with Crippen molar-refractivity contribution < 1.29 is 18.1 Å². The first-order valence-corrected chi connectivity index (χ1v) is 11.0. The van der Waals surface area contributed by atoms with E-state index in [0.717, 1.165) is 16.0 Å². The number of benzene rings is 2. The Morgan fingerprint density at radius 3 is 2.29 bits per heavy atom. The molecule has 0 spiro atoms. The number of aryl methyl sites for hydroxylation is 1. The molecule has 2 aromatic rings. The minimum absolute atomic E-state index is 0.00584. The molecule has 7 heteroatoms. The number of nitrogens with zero attached hydrogens (tertiary/aromatic N) is 1. The molecule has 2 N–H and O–H groups in total. The van der Waals surface area contributed by atoms with Crippen molar-refractivity contribution in [1.82, 2.24) is 9.62 Å². The molecule has 0 saturated carbocycles. The molecule has 0 radical (unpaired) electrons. The summed E-state index contributed by atoms with van der Waals surface area (Å²) in [5.74, 6) is -0.00584. The summed E-state index contributed by atoms with van der Waals surface area (Å²) in [4.78, 5) is 13.9. The second-order valence-corrected chi connectivity index (χ2v) is 9.24. The van der Waals surface area contributed by atoms with Crippen molar-refractivity contribution in [3.8, 4) is 0 Å². The zero-order chi connectivity index (χ0) is 20.1. The Hall–Kier alpha value is -2.22. The van der Waals surface area contributed by atoms with Crippen LogP contribution in [0.2, 0.25) is 0 Å². The summed E-state index contributed by atoms with van der Waals surface area (Å²) < 4.78 is 27.1. The quantitative estimate of drug-likeness (QED) is 0.743. The minimum Gasteiger partial charge on any atom is -0.347 e. The Bertz CT molecular complexity index is 890. The fourth-order valence-electron chi connectivity index (χ4n) is 3.43. The number of carbonyl (C=O) groups is 1. The van der Waals surface area contributed by atoms with Gasteiger partial charge >= 0.3 is 0 Å². The largest absolute Gasteiger partial charge is 0.347 e. The van der Waals surface area contributed by atoms with E-state index in [0.29, 0.717) is 37.6 Å². The van der Waals surface area contributed by atoms with Gasteiger partial charge < -0.3 is 10.2 Å². The maximum absolute atomic E-state index is 12.8. The molecule has 1 amide bonds. The van der Waals surface area contributed by atoms with Crippen molar-refractivity contribution in [2.75, 3.05) is 26.2 Å². The molecular weight excluding hydrogens is 374 g/mol. The van der Waals surface area contributed by atoms with E-state index in [4.69, 9.17) is 0 Å². The first-order chi connectivity index (χ1) is 13.4. The maximum Gasteiger partial charge on any atom is 0.278 e. The normalized spacial score (nSPS) is 17.2. The molecule has 1 heterocycles. The van der Waals surface area contributed by atoms with Crippen LogP contribution in [0.5, 0.6) is 0 Å². The van der Waals surface area contributed by atoms with Crippen molar-refractivity contribution in [1.29, 1.82) is 0 Å². The number of nitrogens with one attached hydrogen (secondary N) is 2. The Balaban J connectivity index is 1.54. The molecule has 1 saturated heterocycles. The van der Waals surface area contributed by atoms with Crippen molar-refractivity contribution in [2.24, 2.45) is 0 Å². The van der Waals surface area contributed by atoms with Gasteiger partial charge in [-0.1, -0.05) is 48.0 Å². The number of hydrogen-bond acceptors (Lipinski definition) is 3. The minimum atomic E-state index is -3.47. The third-order valence-corrected chi connectivity index (χ3v) is 7.25. The summed E-state index contributed by atoms with van der Waals surface area (Å²) in [6.07, 6.45) is 0. The average molecular weight is 403 g/mol. The Kier molecular flexibility index (Phi) is 6.49. The number of quaternary nitrogens is 1. The standard InChI is InChI=1S/C21H27N3O3S/c1-17-8-10-20(11-9-17)28(26,27)24-14-12-23(13-15-24)18(2)21(25)22-16-19-6-4-3-5-7-19/h3-11,18H,12-16H2,1-2H3,(H,22,25)/p+1/t18-/m1/s1. The van der Waals surface area contributed by atoms with E-state index in [1.54, 1.807) is 12.1 Å². The molecule has 0 aromatic heterocycles. The zero-order valence-electron chi connectivity index (χ0n) is 16.4. The summed E-state index contributed by atoms with van der Waals surface area (Å²) in [5, 5.41) is 2.98. The van der Waals surface area contributed by atoms with Crippen LogP contribution in [-0.4, -0.2) is 50.9 Å². The number of piperazine rings is 1. The van der Waals surface area contributed by atoms with Crippen LogP contribution in [0, 0.1) is 6.92 Å². The van der Waals surface area contributed by atoms with Gasteiger partial charge in [0.1, 0.15) is 0 Å². The molecule has 1 atom stereocenters. The van der Waals surface area contributed by atoms with Crippen LogP contribution in [0.3, 0.4) is 0 Å². The number of sulfonamides is 1. The smallest absolute Gasteiger partial charge is 0.278 e. The molecule has 2 aromatic carbocycles. The van der Waals surface area contributed by atoms with Crippen LogP contribution in [0.4, 0.5) is 0 Å². The van der Waals surface area contributed by atoms with Crippen molar-refractivity contribution in [2.45, 2.75) is 31.3 Å². The van der Waals surface area contributed by atoms with Gasteiger partial charge in [0.15, 0.2) is 6.04 Å². The summed E-state index contributed by atoms with van der Waals surface area (Å²) in [7, 11) is -3.47. The molecule has 1 aliphatic heterocycles. The lowest BCUT2D eigenvalue weighted by Crippen LogP contribution is -3.19. The first kappa shape index (κ1) is 20.5. The highest BCUT2D eigenvalue weighted by Gasteiger charge is 2.34. The fourth-order valence-corrected chi connectivity index (χ4v) is 4.87. The van der Waals surface area contributed by atoms with Gasteiger partial charge in [0, 0.05) is 6.54 Å². The molecule has 0 bridgehead atoms. The second-order valence-electron chi connectivity index (χ2n) is 7.30. The summed E-state index contributed by atoms with van der Waals surface area (Å²) >= 11 is 0. The summed E-state index contributed by atoms with van der Waals surface area (Å²) in [5.41, 5.74) is 2.09. The van der Waals surface area contributed by atoms with Gasteiger partial charge in [-0.05, 0) is 31.5 Å². The fraction of sp³-hybridized carbons (Fsp3) is 0.381. The van der Waals surface area contributed by atoms with E-state index >= 15 is 0 Å². The van der Waals surface area contributed by atoms with Crippen molar-refractivity contribution >= 4 is 15.9 Å². The third-order valence-electron chi connectivity index (χ3n) is 5.34. The molecule has 0 aliphatic carbocycles. The molecule has 28 heavy (non-hydrogen) atoms. The van der Waals surface area contributed by atoms with Crippen LogP contribution < -0.4 is 10.2 Å². The van der Waals surface area contributed by atoms with Gasteiger partial charge in [0.2, 0.25) is 10.0 Å². The molecule has 1 fully saturated rings. The highest BCUT2D eigenvalue weighted by molar-refractivity contribution is 7.89. The number of amides is 1. The Morgan fingerprint density at radius 1 is 1.07 bits per heavy atom. The molecular formula is C21H28N3O3S+. The third kappa shape index (κ3) is 4.79. The lowest BCUT2D eigenvalue weighted by atomic mass is 10.2. The maximum atomic E-state index is 12.8. The van der Waals surface area contributed by atoms with E-state index in [9.17, 15) is 13.2 Å². The summed E-state index contributed by atoms with van der Waals surface area (Å²) in [6, 6.07) is 16.5. The zero-order valence-corrected chi connectivity index (χ0v) is 17.2. The second kappa shape index (κ2) is 8.86. The average Bonchev–Trinajstić information content (AvgIpc) is 2.72. The van der Waals surface area contributed by atoms with Crippen LogP contribution in [0.15, 0.2) is 59.5 Å². The Labute approximate surface area is 167 Å². The highest BCUT2D eigenvalue weighted by Crippen LogP contribution is 2.16. The van der Waals surface area contributed by atoms with E-state index < -0.39 is 10.0 Å². The topological polar surface area (TPSA) is 70.9 Å². The highest BCUT2D eigenvalue weighted by atomic mass is 32.2. The SMILES string of the molecule is Cc1ccc(S(=O)(=O)N2CC[NH+]([C@H](C)C(=O)NCc3ccccc3)CC2)cc1. The predicted molar refractivity (Wildman–Crippen MR) is 108 cm³/mol. The van der Waals surface area contributed by atoms with E-state index in [1.807, 2.05) is 56.3 Å². The first-order valence-electron chi connectivity index (χ1n) is 9.61. The Morgan fingerprint density at radius 2 is 1.68 bits per heavy atom. The molecule has 1 aliphatic rings. The van der Waals surface area contributed by atoms with Gasteiger partial charge in [0.05, 0.1) is 31.1 Å². The molecule has 150 valence electrons. The number of carbonyl (C=O) groups excluding carboxylic acids is 1. The lowest BCUT2D eigenvalue weighted by Gasteiger charge is -2.34. The molecule has 0 unspecified atom stereocenters. The monoisotopic (exact) mass is 402 g/mol. The van der Waals surface area contributed by atoms with E-state index in [1.165, 1.54) is 4.31 Å². The van der Waals surface area contributed by atoms with Gasteiger partial charge in [-0.2, -0.15) is 4.31 Å². The van der Waals surface area contributed by atoms with Gasteiger partial charge in [-0.3, -0.25) is 4.79 Å². The van der Waals surface area contributed by atoms with E-state index in [2.05, 4.69) is 5.32 Å². The van der Waals surface area contributed by atoms with Crippen molar-refractivity contribution in [3.63, 3.8) is 0 Å². The van der Waals surface area contributed by atoms with Gasteiger partial charge in [0.25, 0.3) is 5.91 Å². The van der Waals surface area contributed by atoms with Gasteiger partial charge in [-0.25, -0.2) is 8.42 Å². The van der Waals surface area contributed by atoms with Crippen LogP contribution >= 0.6 is 0 Å². The predicted octanol–water partition coefficient (Wildman–Crippen LogP) is 0.589. The summed E-state index contributed by atoms with van der Waals surface area (Å²) in [6.45, 7) is 6.41. The lowest BCUT2D eigenvalue weighted by molar-refractivity contribution is -0.917. The van der Waals surface area contributed by atoms with Gasteiger partial charge in [-0.15, -0.1) is 0 Å². The van der Waals surface area contributed by atoms with Crippen LogP contribution in [0.25, 0.3) is 0 Å². The van der Waals surface area contributed by atoms with Crippen LogP contribution in [-0.2, 0) is 21.4 Å². The van der Waals surface area contributed by atoms with Crippen LogP contribution in [0.1, 0.15) is 18.1 Å². The molecule has 6 nitrogen and oxygen atoms in total.